The first-order chi connectivity index (χ1) is 24.7. The van der Waals surface area contributed by atoms with Crippen molar-refractivity contribution in [1.82, 2.24) is 0 Å². The van der Waals surface area contributed by atoms with Crippen LogP contribution in [0.2, 0.25) is 0 Å². The summed E-state index contributed by atoms with van der Waals surface area (Å²) in [5.41, 5.74) is -3.86. The lowest BCUT2D eigenvalue weighted by atomic mass is 10.2. The van der Waals surface area contributed by atoms with Gasteiger partial charge in [0.1, 0.15) is 33.4 Å². The van der Waals surface area contributed by atoms with E-state index < -0.39 is 108 Å². The van der Waals surface area contributed by atoms with Gasteiger partial charge in [0.05, 0.1) is 38.9 Å². The number of hydrogen-bond donors (Lipinski definition) is 5. The highest BCUT2D eigenvalue weighted by molar-refractivity contribution is 7.91. The largest absolute Gasteiger partial charge is 0.505 e. The van der Waals surface area contributed by atoms with Gasteiger partial charge in [0.25, 0.3) is 21.5 Å². The molecule has 0 heterocycles. The first-order valence-electron chi connectivity index (χ1n) is 13.7. The predicted molar refractivity (Wildman–Crippen MR) is 176 cm³/mol. The van der Waals surface area contributed by atoms with Gasteiger partial charge in [-0.2, -0.15) is 21.9 Å². The molecule has 27 heteroatoms. The zero-order chi connectivity index (χ0) is 39.3. The number of benzene rings is 4. The van der Waals surface area contributed by atoms with Gasteiger partial charge in [-0.05, 0) is 36.4 Å². The SMILES string of the molecule is O=[N+]([O-])c1ccc(/N=N\c2cc(/N=N/c3ccc(S(=O)(=O)CCOS(=O)(=O)O)cc3S(=O)(=O)O)c(O)c(/N=N/c3ccc([N+](=O)[O-])cc3O)c2O)cc1. The molecule has 0 saturated heterocycles. The average Bonchev–Trinajstić information content (AvgIpc) is 3.06. The van der Waals surface area contributed by atoms with E-state index in [1.165, 1.54) is 12.1 Å². The van der Waals surface area contributed by atoms with Crippen LogP contribution in [0.5, 0.6) is 17.2 Å². The van der Waals surface area contributed by atoms with E-state index in [1.54, 1.807) is 0 Å². The van der Waals surface area contributed by atoms with Gasteiger partial charge in [-0.25, -0.2) is 12.6 Å². The van der Waals surface area contributed by atoms with Crippen molar-refractivity contribution in [3.63, 3.8) is 0 Å². The number of nitro groups is 2. The summed E-state index contributed by atoms with van der Waals surface area (Å²) in [6, 6.07) is 10.1. The van der Waals surface area contributed by atoms with Gasteiger partial charge >= 0.3 is 10.4 Å². The highest BCUT2D eigenvalue weighted by Gasteiger charge is 2.24. The van der Waals surface area contributed by atoms with Crippen molar-refractivity contribution < 1.29 is 63.7 Å². The Morgan fingerprint density at radius 1 is 0.623 bits per heavy atom. The van der Waals surface area contributed by atoms with Crippen LogP contribution in [0.15, 0.2) is 107 Å². The van der Waals surface area contributed by atoms with E-state index >= 15 is 0 Å². The normalized spacial score (nSPS) is 12.6. The van der Waals surface area contributed by atoms with Crippen LogP contribution in [0.25, 0.3) is 0 Å². The fourth-order valence-corrected chi connectivity index (χ4v) is 6.12. The number of non-ortho nitro benzene ring substituents is 2. The topological polar surface area (TPSA) is 373 Å². The third-order valence-electron chi connectivity index (χ3n) is 6.39. The van der Waals surface area contributed by atoms with E-state index in [0.29, 0.717) is 6.07 Å². The first-order valence-corrected chi connectivity index (χ1v) is 18.1. The molecule has 0 aliphatic heterocycles. The third-order valence-corrected chi connectivity index (χ3v) is 9.41. The zero-order valence-corrected chi connectivity index (χ0v) is 28.2. The second-order valence-corrected chi connectivity index (χ2v) is 14.5. The van der Waals surface area contributed by atoms with Gasteiger partial charge in [0, 0.05) is 24.3 Å². The lowest BCUT2D eigenvalue weighted by Gasteiger charge is -2.09. The van der Waals surface area contributed by atoms with E-state index in [9.17, 15) is 65.4 Å². The monoisotopic (exact) mass is 796 g/mol. The van der Waals surface area contributed by atoms with Crippen LogP contribution in [0, 0.1) is 20.2 Å². The maximum atomic E-state index is 12.6. The Kier molecular flexibility index (Phi) is 11.5. The number of hydrogen-bond acceptors (Lipinski definition) is 20. The minimum Gasteiger partial charge on any atom is -0.505 e. The smallest absolute Gasteiger partial charge is 0.397 e. The summed E-state index contributed by atoms with van der Waals surface area (Å²) in [6.07, 6.45) is 0. The van der Waals surface area contributed by atoms with E-state index in [4.69, 9.17) is 4.55 Å². The molecular weight excluding hydrogens is 777 g/mol. The van der Waals surface area contributed by atoms with Crippen LogP contribution in [0.4, 0.5) is 45.5 Å². The highest BCUT2D eigenvalue weighted by atomic mass is 32.3. The Morgan fingerprint density at radius 2 is 1.15 bits per heavy atom. The summed E-state index contributed by atoms with van der Waals surface area (Å²) < 4.78 is 93.5. The van der Waals surface area contributed by atoms with Crippen LogP contribution in [0.1, 0.15) is 0 Å². The first kappa shape index (κ1) is 39.4. The molecule has 0 spiro atoms. The van der Waals surface area contributed by atoms with Crippen molar-refractivity contribution in [2.45, 2.75) is 9.79 Å². The number of nitro benzene ring substituents is 2. The van der Waals surface area contributed by atoms with Crippen LogP contribution < -0.4 is 0 Å². The molecule has 4 aromatic carbocycles. The molecule has 0 aliphatic rings. The van der Waals surface area contributed by atoms with Crippen molar-refractivity contribution in [3.05, 3.63) is 87.0 Å². The highest BCUT2D eigenvalue weighted by Crippen LogP contribution is 2.50. The Labute approximate surface area is 296 Å². The molecule has 53 heavy (non-hydrogen) atoms. The summed E-state index contributed by atoms with van der Waals surface area (Å²) in [5, 5.41) is 76.2. The van der Waals surface area contributed by atoms with E-state index in [-0.39, 0.29) is 17.1 Å². The molecule has 0 atom stereocenters. The Bertz CT molecular complexity index is 2540. The maximum Gasteiger partial charge on any atom is 0.397 e. The summed E-state index contributed by atoms with van der Waals surface area (Å²) >= 11 is 0. The fourth-order valence-electron chi connectivity index (χ4n) is 3.89. The van der Waals surface area contributed by atoms with Crippen LogP contribution >= 0.6 is 0 Å². The number of sulfone groups is 1. The van der Waals surface area contributed by atoms with Crippen LogP contribution in [-0.2, 0) is 34.5 Å². The molecule has 0 unspecified atom stereocenters. The standard InChI is InChI=1S/C26H20N8O16S3/c35-22-11-16(34(40)41)5-7-18(22)28-32-24-25(36)20(30-27-14-1-3-15(4-2-14)33(38)39)13-21(26(24)37)31-29-19-8-6-17(12-23(19)52(44,45)46)51(42,43)10-9-50-53(47,48)49/h1-8,11-13,35-37H,9-10H2,(H,44,45,46)(H,47,48,49)/b30-27-,31-29+,32-28+. The molecule has 278 valence electrons. The number of nitrogens with zero attached hydrogens (tertiary/aromatic N) is 8. The van der Waals surface area contributed by atoms with Gasteiger partial charge in [0.2, 0.25) is 0 Å². The maximum absolute atomic E-state index is 12.6. The molecule has 4 rings (SSSR count). The second-order valence-electron chi connectivity index (χ2n) is 9.94. The molecule has 0 amide bonds. The quantitative estimate of drug-likeness (QED) is 0.0441. The minimum absolute atomic E-state index is 0.0302. The average molecular weight is 797 g/mol. The molecule has 0 radical (unpaired) electrons. The molecular formula is C26H20N8O16S3. The fraction of sp³-hybridized carbons (Fsp3) is 0.0769. The molecule has 4 aromatic rings. The Hall–Kier alpha value is -6.39. The van der Waals surface area contributed by atoms with Crippen molar-refractivity contribution in [1.29, 1.82) is 0 Å². The Balaban J connectivity index is 1.81. The molecule has 0 aromatic heterocycles. The zero-order valence-electron chi connectivity index (χ0n) is 25.8. The third kappa shape index (κ3) is 10.1. The number of rotatable bonds is 14. The molecule has 0 bridgehead atoms. The minimum atomic E-state index is -5.26. The molecule has 5 N–H and O–H groups in total. The van der Waals surface area contributed by atoms with Gasteiger partial charge < -0.3 is 15.3 Å². The molecule has 0 aliphatic carbocycles. The lowest BCUT2D eigenvalue weighted by molar-refractivity contribution is -0.385. The molecule has 24 nitrogen and oxygen atoms in total. The van der Waals surface area contributed by atoms with Gasteiger partial charge in [-0.3, -0.25) is 29.3 Å². The number of phenols is 3. The summed E-state index contributed by atoms with van der Waals surface area (Å²) in [4.78, 5) is 18.6. The second kappa shape index (κ2) is 15.5. The van der Waals surface area contributed by atoms with Crippen LogP contribution in [0.3, 0.4) is 0 Å². The van der Waals surface area contributed by atoms with E-state index in [2.05, 4.69) is 34.9 Å². The van der Waals surface area contributed by atoms with Crippen molar-refractivity contribution in [2.75, 3.05) is 12.4 Å². The Morgan fingerprint density at radius 3 is 1.70 bits per heavy atom. The number of phenolic OH excluding ortho intramolecular Hbond substituents is 3. The summed E-state index contributed by atoms with van der Waals surface area (Å²) in [7, 11) is -14.8. The van der Waals surface area contributed by atoms with E-state index in [0.717, 1.165) is 48.5 Å². The molecule has 0 saturated carbocycles. The van der Waals surface area contributed by atoms with E-state index in [1.807, 2.05) is 0 Å². The van der Waals surface area contributed by atoms with Gasteiger partial charge in [-0.15, -0.1) is 25.6 Å². The van der Waals surface area contributed by atoms with Gasteiger partial charge in [0.15, 0.2) is 27.0 Å². The summed E-state index contributed by atoms with van der Waals surface area (Å²) in [6.45, 7) is -1.06. The number of azo groups is 3. The van der Waals surface area contributed by atoms with Crippen molar-refractivity contribution in [2.24, 2.45) is 30.7 Å². The molecule has 0 fully saturated rings. The summed E-state index contributed by atoms with van der Waals surface area (Å²) in [5.74, 6) is -3.74. The van der Waals surface area contributed by atoms with Crippen molar-refractivity contribution >= 4 is 75.9 Å². The number of aromatic hydroxyl groups is 3. The van der Waals surface area contributed by atoms with Crippen LogP contribution in [-0.4, -0.2) is 71.9 Å². The lowest BCUT2D eigenvalue weighted by Crippen LogP contribution is -2.16. The van der Waals surface area contributed by atoms with Crippen molar-refractivity contribution in [3.8, 4) is 17.2 Å². The van der Waals surface area contributed by atoms with Gasteiger partial charge in [-0.1, -0.05) is 0 Å². The predicted octanol–water partition coefficient (Wildman–Crippen LogP) is 5.71.